The first-order valence-corrected chi connectivity index (χ1v) is 12.6. The van der Waals surface area contributed by atoms with E-state index >= 15 is 0 Å². The molecule has 1 aromatic heterocycles. The number of anilines is 3. The summed E-state index contributed by atoms with van der Waals surface area (Å²) in [5, 5.41) is 10.7. The van der Waals surface area contributed by atoms with Crippen molar-refractivity contribution in [2.45, 2.75) is 19.3 Å². The van der Waals surface area contributed by atoms with Gasteiger partial charge in [0.25, 0.3) is 0 Å². The van der Waals surface area contributed by atoms with Crippen LogP contribution in [0.3, 0.4) is 0 Å². The van der Waals surface area contributed by atoms with Gasteiger partial charge in [0.2, 0.25) is 0 Å². The molecular formula is C33H26N2O2. The first kappa shape index (κ1) is 22.7. The largest absolute Gasteiger partial charge is 0.478 e. The van der Waals surface area contributed by atoms with Crippen LogP contribution >= 0.6 is 0 Å². The molecule has 37 heavy (non-hydrogen) atoms. The van der Waals surface area contributed by atoms with E-state index in [0.717, 1.165) is 64.2 Å². The summed E-state index contributed by atoms with van der Waals surface area (Å²) in [6.45, 7) is 0. The first-order valence-electron chi connectivity index (χ1n) is 12.6. The van der Waals surface area contributed by atoms with Gasteiger partial charge in [0.15, 0.2) is 0 Å². The van der Waals surface area contributed by atoms with Gasteiger partial charge in [-0.3, -0.25) is 0 Å². The lowest BCUT2D eigenvalue weighted by molar-refractivity contribution is 0.0697. The molecule has 6 rings (SSSR count). The Kier molecular flexibility index (Phi) is 5.99. The van der Waals surface area contributed by atoms with E-state index in [0.29, 0.717) is 10.9 Å². The van der Waals surface area contributed by atoms with Crippen molar-refractivity contribution in [3.8, 4) is 0 Å². The number of carbonyl (C=O) groups is 1. The van der Waals surface area contributed by atoms with Crippen LogP contribution in [-0.2, 0) is 6.42 Å². The number of carboxylic acid groups (broad SMARTS) is 1. The van der Waals surface area contributed by atoms with Gasteiger partial charge in [-0.2, -0.15) is 0 Å². The Morgan fingerprint density at radius 3 is 1.97 bits per heavy atom. The van der Waals surface area contributed by atoms with E-state index in [4.69, 9.17) is 4.98 Å². The quantitative estimate of drug-likeness (QED) is 0.274. The maximum atomic E-state index is 12.2. The Balaban J connectivity index is 1.40. The number of carboxylic acids is 1. The number of hydrogen-bond acceptors (Lipinski definition) is 3. The predicted octanol–water partition coefficient (Wildman–Crippen LogP) is 8.28. The molecule has 1 aliphatic carbocycles. The minimum Gasteiger partial charge on any atom is -0.478 e. The lowest BCUT2D eigenvalue weighted by Crippen LogP contribution is -2.13. The molecule has 0 amide bonds. The van der Waals surface area contributed by atoms with Crippen molar-refractivity contribution in [1.82, 2.24) is 4.98 Å². The highest BCUT2D eigenvalue weighted by molar-refractivity contribution is 6.05. The molecule has 1 aliphatic rings. The molecule has 0 fully saturated rings. The monoisotopic (exact) mass is 482 g/mol. The van der Waals surface area contributed by atoms with Gasteiger partial charge in [-0.1, -0.05) is 66.7 Å². The van der Waals surface area contributed by atoms with Crippen molar-refractivity contribution >= 4 is 45.6 Å². The Morgan fingerprint density at radius 2 is 1.32 bits per heavy atom. The Hall–Kier alpha value is -4.70. The normalized spacial score (nSPS) is 13.9. The number of allylic oxidation sites excluding steroid dienone is 1. The zero-order valence-corrected chi connectivity index (χ0v) is 20.3. The van der Waals surface area contributed by atoms with Crippen LogP contribution < -0.4 is 4.90 Å². The van der Waals surface area contributed by atoms with E-state index in [1.165, 1.54) is 0 Å². The number of para-hydroxylation sites is 3. The minimum atomic E-state index is -0.887. The number of fused-ring (bicyclic) bond motifs is 2. The van der Waals surface area contributed by atoms with Crippen molar-refractivity contribution in [1.29, 1.82) is 0 Å². The Bertz CT molecular complexity index is 1570. The average molecular weight is 483 g/mol. The van der Waals surface area contributed by atoms with Gasteiger partial charge >= 0.3 is 5.97 Å². The second-order valence-corrected chi connectivity index (χ2v) is 9.26. The van der Waals surface area contributed by atoms with E-state index in [9.17, 15) is 9.90 Å². The van der Waals surface area contributed by atoms with Crippen LogP contribution in [0.5, 0.6) is 0 Å². The fraction of sp³-hybridized carbons (Fsp3) is 0.0909. The molecule has 0 unspecified atom stereocenters. The summed E-state index contributed by atoms with van der Waals surface area (Å²) in [5.41, 5.74) is 8.20. The third-order valence-corrected chi connectivity index (χ3v) is 6.91. The van der Waals surface area contributed by atoms with E-state index in [1.807, 2.05) is 60.7 Å². The van der Waals surface area contributed by atoms with E-state index in [-0.39, 0.29) is 0 Å². The number of rotatable bonds is 5. The number of aromatic carboxylic acids is 1. The highest BCUT2D eigenvalue weighted by Crippen LogP contribution is 2.37. The van der Waals surface area contributed by atoms with Crippen molar-refractivity contribution in [2.75, 3.05) is 4.90 Å². The number of benzene rings is 4. The van der Waals surface area contributed by atoms with Crippen molar-refractivity contribution in [3.63, 3.8) is 0 Å². The Morgan fingerprint density at radius 1 is 0.730 bits per heavy atom. The van der Waals surface area contributed by atoms with Gasteiger partial charge in [-0.15, -0.1) is 0 Å². The highest BCUT2D eigenvalue weighted by atomic mass is 16.4. The maximum Gasteiger partial charge on any atom is 0.336 e. The van der Waals surface area contributed by atoms with Crippen LogP contribution in [0.15, 0.2) is 109 Å². The smallest absolute Gasteiger partial charge is 0.336 e. The SMILES string of the molecule is O=C(O)c1c2c(nc3ccccc13)/C(=C\c1ccc(N(c3ccccc3)c3ccccc3)cc1)CCC2. The lowest BCUT2D eigenvalue weighted by Gasteiger charge is -2.25. The predicted molar refractivity (Wildman–Crippen MR) is 151 cm³/mol. The Labute approximate surface area is 216 Å². The summed E-state index contributed by atoms with van der Waals surface area (Å²) >= 11 is 0. The molecule has 0 saturated carbocycles. The van der Waals surface area contributed by atoms with Crippen LogP contribution in [0.25, 0.3) is 22.6 Å². The average Bonchev–Trinajstić information content (AvgIpc) is 2.94. The molecule has 4 nitrogen and oxygen atoms in total. The third-order valence-electron chi connectivity index (χ3n) is 6.91. The van der Waals surface area contributed by atoms with Crippen LogP contribution in [0, 0.1) is 0 Å². The number of aromatic nitrogens is 1. The molecule has 0 radical (unpaired) electrons. The standard InChI is InChI=1S/C33H26N2O2/c36-33(37)31-28-15-7-8-17-30(28)34-32-24(10-9-16-29(31)32)22-23-18-20-27(21-19-23)35(25-11-3-1-4-12-25)26-13-5-2-6-14-26/h1-8,11-15,17-22H,9-10,16H2,(H,36,37)/b24-22-. The summed E-state index contributed by atoms with van der Waals surface area (Å²) in [6.07, 6.45) is 4.67. The van der Waals surface area contributed by atoms with Crippen LogP contribution in [0.4, 0.5) is 17.1 Å². The summed E-state index contributed by atoms with van der Waals surface area (Å²) < 4.78 is 0. The third kappa shape index (κ3) is 4.38. The molecule has 0 aliphatic heterocycles. The van der Waals surface area contributed by atoms with Gasteiger partial charge in [0.1, 0.15) is 0 Å². The van der Waals surface area contributed by atoms with Gasteiger partial charge in [-0.25, -0.2) is 9.78 Å². The summed E-state index contributed by atoms with van der Waals surface area (Å²) in [4.78, 5) is 19.4. The number of pyridine rings is 1. The minimum absolute atomic E-state index is 0.392. The molecule has 0 saturated heterocycles. The topological polar surface area (TPSA) is 53.4 Å². The van der Waals surface area contributed by atoms with Gasteiger partial charge < -0.3 is 10.0 Å². The van der Waals surface area contributed by atoms with Crippen molar-refractivity contribution < 1.29 is 9.90 Å². The highest BCUT2D eigenvalue weighted by Gasteiger charge is 2.24. The van der Waals surface area contributed by atoms with Gasteiger partial charge in [0.05, 0.1) is 16.8 Å². The molecule has 0 bridgehead atoms. The lowest BCUT2D eigenvalue weighted by atomic mass is 9.86. The van der Waals surface area contributed by atoms with Crippen molar-refractivity contribution in [2.24, 2.45) is 0 Å². The molecule has 4 heteroatoms. The molecule has 5 aromatic rings. The summed E-state index contributed by atoms with van der Waals surface area (Å²) in [6, 6.07) is 36.7. The number of nitrogens with zero attached hydrogens (tertiary/aromatic N) is 2. The molecule has 1 heterocycles. The molecule has 4 aromatic carbocycles. The zero-order valence-electron chi connectivity index (χ0n) is 20.3. The molecule has 0 spiro atoms. The number of hydrogen-bond donors (Lipinski definition) is 1. The van der Waals surface area contributed by atoms with E-state index in [1.54, 1.807) is 0 Å². The molecule has 1 N–H and O–H groups in total. The van der Waals surface area contributed by atoms with Crippen LogP contribution in [0.1, 0.15) is 40.0 Å². The molecular weight excluding hydrogens is 456 g/mol. The first-order chi connectivity index (χ1) is 18.2. The fourth-order valence-corrected chi connectivity index (χ4v) is 5.24. The molecule has 0 atom stereocenters. The van der Waals surface area contributed by atoms with Gasteiger partial charge in [0, 0.05) is 22.4 Å². The maximum absolute atomic E-state index is 12.2. The second kappa shape index (κ2) is 9.75. The van der Waals surface area contributed by atoms with Crippen LogP contribution in [-0.4, -0.2) is 16.1 Å². The van der Waals surface area contributed by atoms with E-state index < -0.39 is 5.97 Å². The van der Waals surface area contributed by atoms with Crippen molar-refractivity contribution in [3.05, 3.63) is 132 Å². The summed E-state index contributed by atoms with van der Waals surface area (Å²) in [5.74, 6) is -0.887. The second-order valence-electron chi connectivity index (χ2n) is 9.26. The fourth-order valence-electron chi connectivity index (χ4n) is 5.24. The van der Waals surface area contributed by atoms with Gasteiger partial charge in [-0.05, 0) is 84.5 Å². The molecule has 180 valence electrons. The van der Waals surface area contributed by atoms with E-state index in [2.05, 4.69) is 59.5 Å². The summed E-state index contributed by atoms with van der Waals surface area (Å²) in [7, 11) is 0. The van der Waals surface area contributed by atoms with Crippen LogP contribution in [0.2, 0.25) is 0 Å². The zero-order chi connectivity index (χ0) is 25.2.